The lowest BCUT2D eigenvalue weighted by Crippen LogP contribution is -2.47. The highest BCUT2D eigenvalue weighted by Gasteiger charge is 2.32. The summed E-state index contributed by atoms with van der Waals surface area (Å²) in [5, 5.41) is 9.28. The maximum Gasteiger partial charge on any atom is 0.229 e. The number of hydrogen-bond acceptors (Lipinski definition) is 14. The summed E-state index contributed by atoms with van der Waals surface area (Å²) in [7, 11) is 4.35. The van der Waals surface area contributed by atoms with Crippen LogP contribution in [0.25, 0.3) is 33.8 Å². The van der Waals surface area contributed by atoms with E-state index in [2.05, 4.69) is 66.8 Å². The minimum absolute atomic E-state index is 0.00674. The quantitative estimate of drug-likeness (QED) is 0.0800. The molecule has 5 aliphatic heterocycles. The highest BCUT2D eigenvalue weighted by molar-refractivity contribution is 5.85. The van der Waals surface area contributed by atoms with Crippen LogP contribution in [0.3, 0.4) is 0 Å². The molecule has 0 unspecified atom stereocenters. The standard InChI is InChI=1S/C27H30FN5O.C24H31FN4O.C22H20FN3O2/c1-31-10-12-32(13-11-31)16-19-2-3-21-17-33(18-22(21)14-19)27(34)15-26-24(29)8-9-25(30-26)20-4-6-23(28)7-5-20;1-28-12-10-20(11-13-28)29-14-8-18(9-15-29)24(30)16-23-21(26)6-7-22(27-23)17-2-4-19(25)5-3-17;23-18-5-3-15(4-6-18)20-8-7-19(24)21(25-20)10-22(28)26-11-16-2-1-14(13-27)9-17(16)12-26/h2-9,14H,10-13,15-18,29H2,1H3;2-7,18,20H,8-16,26H2,1H3;1-9,27H,10-13,24H2. The number of anilines is 3. The van der Waals surface area contributed by atoms with Gasteiger partial charge in [0.1, 0.15) is 23.2 Å². The molecule has 0 aliphatic carbocycles. The number of ketones is 1. The molecule has 5 aliphatic rings. The van der Waals surface area contributed by atoms with E-state index in [9.17, 15) is 32.7 Å². The summed E-state index contributed by atoms with van der Waals surface area (Å²) in [6.07, 6.45) is 4.80. The Hall–Kier alpha value is -8.85. The number of aliphatic hydroxyl groups excluding tert-OH is 1. The second-order valence-corrected chi connectivity index (χ2v) is 25.0. The van der Waals surface area contributed by atoms with Crippen LogP contribution in [0.4, 0.5) is 30.2 Å². The third kappa shape index (κ3) is 16.4. The second-order valence-electron chi connectivity index (χ2n) is 25.0. The molecule has 0 radical (unpaired) electrons. The lowest BCUT2D eigenvalue weighted by atomic mass is 9.88. The number of rotatable bonds is 14. The van der Waals surface area contributed by atoms with Crippen LogP contribution in [0.15, 0.2) is 146 Å². The number of aromatic nitrogens is 3. The molecule has 3 saturated heterocycles. The van der Waals surface area contributed by atoms with Gasteiger partial charge in [0.25, 0.3) is 0 Å². The summed E-state index contributed by atoms with van der Waals surface area (Å²) >= 11 is 0. The van der Waals surface area contributed by atoms with Crippen molar-refractivity contribution in [1.82, 2.24) is 44.4 Å². The van der Waals surface area contributed by atoms with E-state index < -0.39 is 0 Å². The molecule has 2 amide bonds. The molecule has 0 atom stereocenters. The number of hydrogen-bond donors (Lipinski definition) is 4. The minimum Gasteiger partial charge on any atom is -0.397 e. The van der Waals surface area contributed by atoms with Gasteiger partial charge in [0, 0.05) is 87.6 Å². The van der Waals surface area contributed by atoms with Gasteiger partial charge in [0.05, 0.1) is 77.1 Å². The number of piperazine rings is 1. The van der Waals surface area contributed by atoms with Crippen LogP contribution in [0, 0.1) is 23.4 Å². The van der Waals surface area contributed by atoms with Gasteiger partial charge in [-0.3, -0.25) is 34.2 Å². The lowest BCUT2D eigenvalue weighted by molar-refractivity contribution is -0.131. The predicted molar refractivity (Wildman–Crippen MR) is 353 cm³/mol. The maximum atomic E-state index is 13.3. The number of Topliss-reactive ketones (excluding diaryl/α,β-unsaturated/α-hetero) is 1. The molecule has 7 N–H and O–H groups in total. The SMILES string of the molecule is CN1CCC(N2CCC(C(=O)Cc3nc(-c4ccc(F)cc4)ccc3N)CC2)CC1.CN1CCN(Cc2ccc3c(c2)CN(C(=O)Cc2nc(-c4ccc(F)cc4)ccc2N)C3)CC1.Nc1ccc(-c2ccc(F)cc2)nc1CC(=O)N1Cc2ccc(CO)cc2C1. The topological polar surface area (TPSA) is 208 Å². The Kier molecular flexibility index (Phi) is 20.8. The number of piperidine rings is 2. The van der Waals surface area contributed by atoms with E-state index >= 15 is 0 Å². The van der Waals surface area contributed by atoms with Crippen LogP contribution in [-0.4, -0.2) is 140 Å². The van der Waals surface area contributed by atoms with Crippen LogP contribution in [0.5, 0.6) is 0 Å². The van der Waals surface area contributed by atoms with Gasteiger partial charge in [-0.25, -0.2) is 13.2 Å². The first-order valence-corrected chi connectivity index (χ1v) is 31.8. The van der Waals surface area contributed by atoms with Crippen LogP contribution >= 0.6 is 0 Å². The third-order valence-corrected chi connectivity index (χ3v) is 18.5. The minimum atomic E-state index is -0.312. The molecule has 3 aromatic heterocycles. The molecule has 0 saturated carbocycles. The average molecular weight is 1250 g/mol. The van der Waals surface area contributed by atoms with Crippen molar-refractivity contribution < 1.29 is 32.7 Å². The molecule has 13 rings (SSSR count). The van der Waals surface area contributed by atoms with Gasteiger partial charge >= 0.3 is 0 Å². The molecule has 5 aromatic carbocycles. The molecule has 19 heteroatoms. The lowest BCUT2D eigenvalue weighted by Gasteiger charge is -2.40. The first-order chi connectivity index (χ1) is 44.5. The van der Waals surface area contributed by atoms with Gasteiger partial charge in [0.15, 0.2) is 0 Å². The van der Waals surface area contributed by atoms with Gasteiger partial charge in [-0.2, -0.15) is 0 Å². The van der Waals surface area contributed by atoms with E-state index in [0.29, 0.717) is 83.4 Å². The fraction of sp³-hybridized carbons (Fsp3) is 0.342. The Morgan fingerprint density at radius 1 is 0.457 bits per heavy atom. The number of aliphatic hydroxyl groups is 1. The summed E-state index contributed by atoms with van der Waals surface area (Å²) in [6, 6.07) is 42.1. The molecular weight excluding hydrogens is 1170 g/mol. The number of carbonyl (C=O) groups excluding carboxylic acids is 3. The van der Waals surface area contributed by atoms with Gasteiger partial charge in [-0.15, -0.1) is 0 Å². The monoisotopic (exact) mass is 1250 g/mol. The van der Waals surface area contributed by atoms with E-state index in [4.69, 9.17) is 17.2 Å². The Labute approximate surface area is 536 Å². The number of pyridine rings is 3. The van der Waals surface area contributed by atoms with Crippen molar-refractivity contribution >= 4 is 34.7 Å². The van der Waals surface area contributed by atoms with E-state index in [1.165, 1.54) is 79.0 Å². The zero-order chi connectivity index (χ0) is 64.4. The fourth-order valence-corrected chi connectivity index (χ4v) is 12.8. The molecule has 8 aromatic rings. The average Bonchev–Trinajstić information content (AvgIpc) is 1.73. The predicted octanol–water partition coefficient (Wildman–Crippen LogP) is 9.74. The number of likely N-dealkylation sites (N-methyl/N-ethyl adjacent to an activating group) is 1. The highest BCUT2D eigenvalue weighted by Crippen LogP contribution is 2.31. The van der Waals surface area contributed by atoms with Crippen molar-refractivity contribution in [3.8, 4) is 33.8 Å². The Morgan fingerprint density at radius 2 is 0.848 bits per heavy atom. The number of nitrogen functional groups attached to an aromatic ring is 3. The number of halogens is 3. The van der Waals surface area contributed by atoms with Crippen molar-refractivity contribution in [2.75, 3.05) is 83.7 Å². The Balaban J connectivity index is 0.000000142. The molecule has 3 fully saturated rings. The second kappa shape index (κ2) is 29.6. The summed E-state index contributed by atoms with van der Waals surface area (Å²) < 4.78 is 39.6. The van der Waals surface area contributed by atoms with Crippen molar-refractivity contribution in [3.05, 3.63) is 214 Å². The van der Waals surface area contributed by atoms with E-state index in [-0.39, 0.29) is 66.8 Å². The smallest absolute Gasteiger partial charge is 0.229 e. The Morgan fingerprint density at radius 3 is 1.28 bits per heavy atom. The van der Waals surface area contributed by atoms with Crippen molar-refractivity contribution in [1.29, 1.82) is 0 Å². The zero-order valence-electron chi connectivity index (χ0n) is 52.4. The molecule has 0 bridgehead atoms. The number of nitrogens with two attached hydrogens (primary N) is 3. The third-order valence-electron chi connectivity index (χ3n) is 18.5. The number of likely N-dealkylation sites (tertiary alicyclic amines) is 2. The molecule has 16 nitrogen and oxygen atoms in total. The number of carbonyl (C=O) groups is 3. The molecule has 478 valence electrons. The first-order valence-electron chi connectivity index (χ1n) is 31.8. The van der Waals surface area contributed by atoms with Gasteiger partial charge in [0.2, 0.25) is 11.8 Å². The molecular formula is C73H81F3N12O4. The van der Waals surface area contributed by atoms with Crippen LogP contribution < -0.4 is 17.2 Å². The van der Waals surface area contributed by atoms with Crippen molar-refractivity contribution in [3.63, 3.8) is 0 Å². The van der Waals surface area contributed by atoms with E-state index in [1.54, 1.807) is 71.6 Å². The normalized spacial score (nSPS) is 16.5. The van der Waals surface area contributed by atoms with Gasteiger partial charge < -0.3 is 46.8 Å². The van der Waals surface area contributed by atoms with Crippen molar-refractivity contribution in [2.24, 2.45) is 5.92 Å². The largest absolute Gasteiger partial charge is 0.397 e. The number of fused-ring (bicyclic) bond motifs is 2. The summed E-state index contributed by atoms with van der Waals surface area (Å²) in [4.78, 5) is 66.1. The number of nitrogens with zero attached hydrogens (tertiary/aromatic N) is 9. The van der Waals surface area contributed by atoms with Crippen molar-refractivity contribution in [2.45, 2.75) is 90.3 Å². The highest BCUT2D eigenvalue weighted by atomic mass is 19.1. The van der Waals surface area contributed by atoms with Crippen LogP contribution in [0.2, 0.25) is 0 Å². The van der Waals surface area contributed by atoms with Gasteiger partial charge in [-0.1, -0.05) is 36.4 Å². The number of amides is 2. The van der Waals surface area contributed by atoms with Crippen LogP contribution in [-0.2, 0) is 73.0 Å². The molecule has 92 heavy (non-hydrogen) atoms. The summed E-state index contributed by atoms with van der Waals surface area (Å²) in [6.45, 7) is 11.9. The molecule has 8 heterocycles. The van der Waals surface area contributed by atoms with Crippen LogP contribution in [0.1, 0.15) is 76.1 Å². The summed E-state index contributed by atoms with van der Waals surface area (Å²) in [5.74, 6) is -0.625. The fourth-order valence-electron chi connectivity index (χ4n) is 12.8. The Bertz CT molecular complexity index is 3890. The van der Waals surface area contributed by atoms with Gasteiger partial charge in [-0.05, 0) is 209 Å². The molecule has 0 spiro atoms. The van der Waals surface area contributed by atoms with E-state index in [1.807, 2.05) is 29.2 Å². The summed E-state index contributed by atoms with van der Waals surface area (Å²) in [5.41, 5.74) is 32.6. The van der Waals surface area contributed by atoms with E-state index in [0.717, 1.165) is 92.0 Å². The number of benzene rings is 5. The maximum absolute atomic E-state index is 13.3. The first kappa shape index (κ1) is 64.7. The zero-order valence-corrected chi connectivity index (χ0v) is 52.4.